The van der Waals surface area contributed by atoms with Crippen LogP contribution in [0.1, 0.15) is 42.4 Å². The van der Waals surface area contributed by atoms with E-state index in [0.717, 1.165) is 27.6 Å². The van der Waals surface area contributed by atoms with Crippen LogP contribution >= 0.6 is 0 Å². The standard InChI is InChI=1S/C28H30N4O5S/c1-19(2)26(28(34)35)30-38(36,37)32-16-14-31(15-17-32)24-10-7-21(8-11-24)4-5-22-6-9-23-12-13-29-27(20(3)33)25(23)18-22/h6-13,18-19,26,30H,14-17H2,1-3H3,(H,34,35)/t26-/m1/s1. The number of rotatable bonds is 7. The molecule has 0 unspecified atom stereocenters. The number of carbonyl (C=O) groups excluding carboxylic acids is 1. The second-order valence-corrected chi connectivity index (χ2v) is 11.2. The zero-order valence-electron chi connectivity index (χ0n) is 21.5. The summed E-state index contributed by atoms with van der Waals surface area (Å²) in [5.41, 5.74) is 2.99. The maximum Gasteiger partial charge on any atom is 0.322 e. The van der Waals surface area contributed by atoms with Crippen molar-refractivity contribution < 1.29 is 23.1 Å². The third kappa shape index (κ3) is 6.19. The minimum atomic E-state index is -3.91. The summed E-state index contributed by atoms with van der Waals surface area (Å²) in [6.45, 7) is 6.29. The predicted octanol–water partition coefficient (Wildman–Crippen LogP) is 2.90. The molecule has 2 aromatic carbocycles. The van der Waals surface area contributed by atoms with Gasteiger partial charge in [-0.15, -0.1) is 0 Å². The normalized spacial score (nSPS) is 15.2. The van der Waals surface area contributed by atoms with Crippen LogP contribution in [0.3, 0.4) is 0 Å². The Labute approximate surface area is 222 Å². The van der Waals surface area contributed by atoms with Crippen LogP contribution in [0.25, 0.3) is 10.8 Å². The second-order valence-electron chi connectivity index (χ2n) is 9.52. The van der Waals surface area contributed by atoms with Gasteiger partial charge >= 0.3 is 5.97 Å². The minimum absolute atomic E-state index is 0.0917. The van der Waals surface area contributed by atoms with Crippen LogP contribution in [0.15, 0.2) is 54.7 Å². The maximum atomic E-state index is 12.7. The number of piperazine rings is 1. The molecule has 0 amide bonds. The van der Waals surface area contributed by atoms with Gasteiger partial charge in [-0.25, -0.2) is 0 Å². The van der Waals surface area contributed by atoms with Gasteiger partial charge in [-0.05, 0) is 53.8 Å². The zero-order valence-corrected chi connectivity index (χ0v) is 22.3. The molecule has 38 heavy (non-hydrogen) atoms. The Balaban J connectivity index is 1.40. The molecule has 1 aliphatic heterocycles. The molecule has 1 saturated heterocycles. The van der Waals surface area contributed by atoms with Crippen molar-refractivity contribution in [3.05, 3.63) is 71.5 Å². The van der Waals surface area contributed by atoms with E-state index in [9.17, 15) is 23.1 Å². The topological polar surface area (TPSA) is 120 Å². The van der Waals surface area contributed by atoms with Crippen molar-refractivity contribution >= 4 is 38.4 Å². The molecule has 2 N–H and O–H groups in total. The number of aromatic nitrogens is 1. The monoisotopic (exact) mass is 534 g/mol. The molecule has 0 bridgehead atoms. The number of ketones is 1. The third-order valence-corrected chi connectivity index (χ3v) is 8.07. The number of hydrogen-bond donors (Lipinski definition) is 2. The molecule has 1 fully saturated rings. The number of pyridine rings is 1. The van der Waals surface area contributed by atoms with Crippen LogP contribution in [0, 0.1) is 17.8 Å². The number of Topliss-reactive ketones (excluding diaryl/α,β-unsaturated/α-hetero) is 1. The van der Waals surface area contributed by atoms with E-state index >= 15 is 0 Å². The summed E-state index contributed by atoms with van der Waals surface area (Å²) in [4.78, 5) is 29.6. The van der Waals surface area contributed by atoms with Crippen LogP contribution in [0.5, 0.6) is 0 Å². The van der Waals surface area contributed by atoms with Crippen LogP contribution in [0.4, 0.5) is 5.69 Å². The average molecular weight is 535 g/mol. The lowest BCUT2D eigenvalue weighted by molar-refractivity contribution is -0.140. The number of carbonyl (C=O) groups is 2. The average Bonchev–Trinajstić information content (AvgIpc) is 2.90. The quantitative estimate of drug-likeness (QED) is 0.353. The van der Waals surface area contributed by atoms with Crippen LogP contribution in [-0.4, -0.2) is 66.8 Å². The molecule has 3 aromatic rings. The second kappa shape index (κ2) is 11.3. The summed E-state index contributed by atoms with van der Waals surface area (Å²) >= 11 is 0. The van der Waals surface area contributed by atoms with E-state index in [1.807, 2.05) is 48.5 Å². The molecular formula is C28H30N4O5S. The van der Waals surface area contributed by atoms with E-state index in [-0.39, 0.29) is 24.8 Å². The number of nitrogens with zero attached hydrogens (tertiary/aromatic N) is 3. The number of anilines is 1. The molecular weight excluding hydrogens is 504 g/mol. The fourth-order valence-corrected chi connectivity index (χ4v) is 5.81. The molecule has 0 aliphatic carbocycles. The fourth-order valence-electron chi connectivity index (χ4n) is 4.32. The van der Waals surface area contributed by atoms with Crippen molar-refractivity contribution in [2.75, 3.05) is 31.1 Å². The van der Waals surface area contributed by atoms with E-state index in [1.54, 1.807) is 20.0 Å². The van der Waals surface area contributed by atoms with Gasteiger partial charge < -0.3 is 10.0 Å². The number of nitrogens with one attached hydrogen (secondary N) is 1. The van der Waals surface area contributed by atoms with Crippen molar-refractivity contribution in [1.29, 1.82) is 0 Å². The van der Waals surface area contributed by atoms with Crippen molar-refractivity contribution in [1.82, 2.24) is 14.0 Å². The number of fused-ring (bicyclic) bond motifs is 1. The first-order chi connectivity index (χ1) is 18.0. The first-order valence-electron chi connectivity index (χ1n) is 12.3. The van der Waals surface area contributed by atoms with Crippen molar-refractivity contribution in [2.24, 2.45) is 5.92 Å². The molecule has 0 spiro atoms. The first kappa shape index (κ1) is 27.3. The Kier molecular flexibility index (Phi) is 8.11. The zero-order chi connectivity index (χ0) is 27.4. The molecule has 0 radical (unpaired) electrons. The first-order valence-corrected chi connectivity index (χ1v) is 13.8. The van der Waals surface area contributed by atoms with Gasteiger partial charge in [0.15, 0.2) is 5.78 Å². The maximum absolute atomic E-state index is 12.7. The number of hydrogen-bond acceptors (Lipinski definition) is 6. The highest BCUT2D eigenvalue weighted by molar-refractivity contribution is 7.87. The van der Waals surface area contributed by atoms with Crippen LogP contribution in [-0.2, 0) is 15.0 Å². The highest BCUT2D eigenvalue weighted by Gasteiger charge is 2.32. The Morgan fingerprint density at radius 1 is 0.974 bits per heavy atom. The van der Waals surface area contributed by atoms with Gasteiger partial charge in [0.1, 0.15) is 11.7 Å². The van der Waals surface area contributed by atoms with Gasteiger partial charge in [0.25, 0.3) is 10.2 Å². The summed E-state index contributed by atoms with van der Waals surface area (Å²) in [5.74, 6) is 4.64. The number of benzene rings is 2. The highest BCUT2D eigenvalue weighted by Crippen LogP contribution is 2.20. The molecule has 1 aliphatic rings. The smallest absolute Gasteiger partial charge is 0.322 e. The van der Waals surface area contributed by atoms with Gasteiger partial charge in [0.2, 0.25) is 0 Å². The van der Waals surface area contributed by atoms with Crippen molar-refractivity contribution in [3.63, 3.8) is 0 Å². The minimum Gasteiger partial charge on any atom is -0.480 e. The number of carboxylic acid groups (broad SMARTS) is 1. The molecule has 9 nitrogen and oxygen atoms in total. The van der Waals surface area contributed by atoms with Gasteiger partial charge in [-0.3, -0.25) is 14.6 Å². The van der Waals surface area contributed by atoms with E-state index in [2.05, 4.69) is 26.4 Å². The van der Waals surface area contributed by atoms with Crippen LogP contribution in [0.2, 0.25) is 0 Å². The molecule has 0 saturated carbocycles. The molecule has 1 atom stereocenters. The fraction of sp³-hybridized carbons (Fsp3) is 0.321. The largest absolute Gasteiger partial charge is 0.480 e. The van der Waals surface area contributed by atoms with E-state index in [4.69, 9.17) is 0 Å². The number of aliphatic carboxylic acids is 1. The number of carboxylic acids is 1. The van der Waals surface area contributed by atoms with Crippen molar-refractivity contribution in [2.45, 2.75) is 26.8 Å². The van der Waals surface area contributed by atoms with Gasteiger partial charge in [0, 0.05) is 61.5 Å². The summed E-state index contributed by atoms with van der Waals surface area (Å²) in [6, 6.07) is 14.1. The molecule has 4 rings (SSSR count). The summed E-state index contributed by atoms with van der Waals surface area (Å²) in [6.07, 6.45) is 1.63. The van der Waals surface area contributed by atoms with Gasteiger partial charge in [-0.1, -0.05) is 31.8 Å². The summed E-state index contributed by atoms with van der Waals surface area (Å²) in [7, 11) is -3.91. The predicted molar refractivity (Wildman–Crippen MR) is 146 cm³/mol. The van der Waals surface area contributed by atoms with Gasteiger partial charge in [-0.2, -0.15) is 17.4 Å². The van der Waals surface area contributed by atoms with Crippen molar-refractivity contribution in [3.8, 4) is 11.8 Å². The Morgan fingerprint density at radius 3 is 2.21 bits per heavy atom. The summed E-state index contributed by atoms with van der Waals surface area (Å²) in [5, 5.41) is 11.0. The Bertz CT molecular complexity index is 1520. The molecule has 1 aromatic heterocycles. The van der Waals surface area contributed by atoms with E-state index < -0.39 is 22.2 Å². The Morgan fingerprint density at radius 2 is 1.61 bits per heavy atom. The van der Waals surface area contributed by atoms with E-state index in [0.29, 0.717) is 18.8 Å². The van der Waals surface area contributed by atoms with E-state index in [1.165, 1.54) is 11.2 Å². The highest BCUT2D eigenvalue weighted by atomic mass is 32.2. The summed E-state index contributed by atoms with van der Waals surface area (Å²) < 4.78 is 29.0. The molecule has 2 heterocycles. The lowest BCUT2D eigenvalue weighted by atomic mass is 10.0. The van der Waals surface area contributed by atoms with Gasteiger partial charge in [0.05, 0.1) is 0 Å². The van der Waals surface area contributed by atoms with Crippen LogP contribution < -0.4 is 9.62 Å². The SMILES string of the molecule is CC(=O)c1nccc2ccc(C#Cc3ccc(N4CCN(S(=O)(=O)N[C@@H](C(=O)O)C(C)C)CC4)cc3)cc12. The lowest BCUT2D eigenvalue weighted by Gasteiger charge is -2.36. The lowest BCUT2D eigenvalue weighted by Crippen LogP contribution is -2.55. The Hall–Kier alpha value is -3.78. The molecule has 198 valence electrons. The molecule has 10 heteroatoms. The third-order valence-electron chi connectivity index (χ3n) is 6.47.